The van der Waals surface area contributed by atoms with Gasteiger partial charge in [0.15, 0.2) is 5.96 Å². The lowest BCUT2D eigenvalue weighted by Crippen LogP contribution is -2.46. The quantitative estimate of drug-likeness (QED) is 0.589. The van der Waals surface area contributed by atoms with Gasteiger partial charge in [-0.25, -0.2) is 4.99 Å². The minimum atomic E-state index is 0.146. The van der Waals surface area contributed by atoms with E-state index in [0.29, 0.717) is 18.9 Å². The Morgan fingerprint density at radius 3 is 2.74 bits per heavy atom. The molecular weight excluding hydrogens is 376 g/mol. The summed E-state index contributed by atoms with van der Waals surface area (Å²) < 4.78 is 1.14. The molecule has 1 amide bonds. The van der Waals surface area contributed by atoms with E-state index in [4.69, 9.17) is 4.99 Å². The maximum absolute atomic E-state index is 11.5. The van der Waals surface area contributed by atoms with Crippen LogP contribution in [-0.4, -0.2) is 43.4 Å². The van der Waals surface area contributed by atoms with Crippen LogP contribution < -0.4 is 10.6 Å². The molecule has 0 bridgehead atoms. The van der Waals surface area contributed by atoms with Gasteiger partial charge in [0.1, 0.15) is 0 Å². The fraction of sp³-hybridized carbons (Fsp3) is 0.625. The molecule has 1 aromatic rings. The molecule has 0 atom stereocenters. The van der Waals surface area contributed by atoms with Crippen LogP contribution in [0.3, 0.4) is 0 Å². The second kappa shape index (κ2) is 9.27. The number of likely N-dealkylation sites (tertiary alicyclic amines) is 1. The number of hydrogen-bond donors (Lipinski definition) is 2. The predicted molar refractivity (Wildman–Crippen MR) is 99.8 cm³/mol. The molecule has 0 aliphatic carbocycles. The van der Waals surface area contributed by atoms with Gasteiger partial charge in [-0.3, -0.25) is 4.79 Å². The van der Waals surface area contributed by atoms with Crippen LogP contribution in [0.15, 0.2) is 20.9 Å². The fourth-order valence-electron chi connectivity index (χ4n) is 2.73. The topological polar surface area (TPSA) is 56.7 Å². The highest BCUT2D eigenvalue weighted by Crippen LogP contribution is 2.23. The predicted octanol–water partition coefficient (Wildman–Crippen LogP) is 2.82. The van der Waals surface area contributed by atoms with E-state index in [0.717, 1.165) is 42.2 Å². The second-order valence-electron chi connectivity index (χ2n) is 5.68. The largest absolute Gasteiger partial charge is 0.359 e. The summed E-state index contributed by atoms with van der Waals surface area (Å²) in [5, 5.41) is 6.10. The van der Waals surface area contributed by atoms with Gasteiger partial charge in [0, 0.05) is 38.0 Å². The average molecular weight is 401 g/mol. The van der Waals surface area contributed by atoms with E-state index >= 15 is 0 Å². The van der Waals surface area contributed by atoms with E-state index in [1.54, 1.807) is 18.4 Å². The van der Waals surface area contributed by atoms with Crippen LogP contribution in [0.1, 0.15) is 31.1 Å². The number of carbonyl (C=O) groups excluding carboxylic acids is 1. The van der Waals surface area contributed by atoms with Crippen LogP contribution in [-0.2, 0) is 11.3 Å². The van der Waals surface area contributed by atoms with Crippen LogP contribution in [0.2, 0.25) is 0 Å². The first-order valence-corrected chi connectivity index (χ1v) is 9.71. The maximum Gasteiger partial charge on any atom is 0.220 e. The standard InChI is InChI=1S/C16H25BrN4OS/c1-3-19-16(20-11-13-4-5-14(17)23-13)21-8-6-12(7-9-21)10-15(22)18-2/h4-5,12H,3,6-11H2,1-2H3,(H,18,22)(H,19,20). The van der Waals surface area contributed by atoms with Crippen LogP contribution in [0.25, 0.3) is 0 Å². The smallest absolute Gasteiger partial charge is 0.220 e. The molecule has 0 unspecified atom stereocenters. The summed E-state index contributed by atoms with van der Waals surface area (Å²) in [5.41, 5.74) is 0. The van der Waals surface area contributed by atoms with Gasteiger partial charge >= 0.3 is 0 Å². The molecule has 1 aliphatic rings. The van der Waals surface area contributed by atoms with Crippen molar-refractivity contribution >= 4 is 39.1 Å². The van der Waals surface area contributed by atoms with Crippen molar-refractivity contribution in [3.63, 3.8) is 0 Å². The van der Waals surface area contributed by atoms with Crippen molar-refractivity contribution in [1.29, 1.82) is 0 Å². The summed E-state index contributed by atoms with van der Waals surface area (Å²) in [6, 6.07) is 4.17. The number of nitrogens with one attached hydrogen (secondary N) is 2. The molecule has 0 aromatic carbocycles. The van der Waals surface area contributed by atoms with Crippen LogP contribution in [0, 0.1) is 5.92 Å². The molecule has 0 saturated carbocycles. The van der Waals surface area contributed by atoms with E-state index in [-0.39, 0.29) is 5.91 Å². The first kappa shape index (κ1) is 18.3. The van der Waals surface area contributed by atoms with Gasteiger partial charge in [-0.15, -0.1) is 11.3 Å². The molecule has 5 nitrogen and oxygen atoms in total. The lowest BCUT2D eigenvalue weighted by atomic mass is 9.93. The monoisotopic (exact) mass is 400 g/mol. The normalized spacial score (nSPS) is 16.5. The van der Waals surface area contributed by atoms with Gasteiger partial charge in [-0.1, -0.05) is 0 Å². The molecule has 1 saturated heterocycles. The lowest BCUT2D eigenvalue weighted by molar-refractivity contribution is -0.121. The summed E-state index contributed by atoms with van der Waals surface area (Å²) in [7, 11) is 1.70. The Kier molecular flexibility index (Phi) is 7.36. The fourth-order valence-corrected chi connectivity index (χ4v) is 4.14. The van der Waals surface area contributed by atoms with Gasteiger partial charge in [0.05, 0.1) is 10.3 Å². The van der Waals surface area contributed by atoms with Crippen molar-refractivity contribution in [3.05, 3.63) is 20.8 Å². The van der Waals surface area contributed by atoms with Crippen LogP contribution >= 0.6 is 27.3 Å². The Morgan fingerprint density at radius 2 is 2.17 bits per heavy atom. The Labute approximate surface area is 150 Å². The van der Waals surface area contributed by atoms with Gasteiger partial charge in [-0.2, -0.15) is 0 Å². The van der Waals surface area contributed by atoms with Crippen molar-refractivity contribution in [2.45, 2.75) is 32.7 Å². The lowest BCUT2D eigenvalue weighted by Gasteiger charge is -2.34. The SMILES string of the molecule is CCNC(=NCc1ccc(Br)s1)N1CCC(CC(=O)NC)CC1. The first-order valence-electron chi connectivity index (χ1n) is 8.10. The highest BCUT2D eigenvalue weighted by molar-refractivity contribution is 9.11. The summed E-state index contributed by atoms with van der Waals surface area (Å²) in [6.07, 6.45) is 2.73. The molecule has 1 aromatic heterocycles. The third-order valence-corrected chi connectivity index (χ3v) is 5.62. The Bertz CT molecular complexity index is 538. The summed E-state index contributed by atoms with van der Waals surface area (Å²) in [6.45, 7) is 5.58. The Balaban J connectivity index is 1.90. The second-order valence-corrected chi connectivity index (χ2v) is 8.23. The summed E-state index contributed by atoms with van der Waals surface area (Å²) >= 11 is 5.21. The van der Waals surface area contributed by atoms with Gasteiger partial charge < -0.3 is 15.5 Å². The number of thiophene rings is 1. The molecule has 0 radical (unpaired) electrons. The highest BCUT2D eigenvalue weighted by atomic mass is 79.9. The molecule has 1 fully saturated rings. The molecule has 0 spiro atoms. The number of aliphatic imine (C=N–C) groups is 1. The number of rotatable bonds is 5. The van der Waals surface area contributed by atoms with Crippen molar-refractivity contribution < 1.29 is 4.79 Å². The molecule has 2 N–H and O–H groups in total. The van der Waals surface area contributed by atoms with Gasteiger partial charge in [0.25, 0.3) is 0 Å². The minimum Gasteiger partial charge on any atom is -0.359 e. The number of nitrogens with zero attached hydrogens (tertiary/aromatic N) is 2. The molecule has 128 valence electrons. The van der Waals surface area contributed by atoms with E-state index < -0.39 is 0 Å². The highest BCUT2D eigenvalue weighted by Gasteiger charge is 2.23. The molecule has 2 heterocycles. The third-order valence-electron chi connectivity index (χ3n) is 4.02. The van der Waals surface area contributed by atoms with E-state index in [2.05, 4.69) is 50.5 Å². The van der Waals surface area contributed by atoms with Crippen molar-refractivity contribution in [2.24, 2.45) is 10.9 Å². The van der Waals surface area contributed by atoms with Crippen molar-refractivity contribution in [2.75, 3.05) is 26.7 Å². The first-order chi connectivity index (χ1) is 11.1. The zero-order valence-corrected chi connectivity index (χ0v) is 16.2. The molecular formula is C16H25BrN4OS. The summed E-state index contributed by atoms with van der Waals surface area (Å²) in [4.78, 5) is 19.8. The van der Waals surface area contributed by atoms with Gasteiger partial charge in [0.2, 0.25) is 5.91 Å². The maximum atomic E-state index is 11.5. The molecule has 1 aliphatic heterocycles. The molecule has 2 rings (SSSR count). The number of carbonyl (C=O) groups is 1. The summed E-state index contributed by atoms with van der Waals surface area (Å²) in [5.74, 6) is 1.62. The average Bonchev–Trinajstić information content (AvgIpc) is 2.97. The zero-order valence-electron chi connectivity index (χ0n) is 13.8. The number of hydrogen-bond acceptors (Lipinski definition) is 3. The van der Waals surface area contributed by atoms with Crippen LogP contribution in [0.5, 0.6) is 0 Å². The number of guanidine groups is 1. The third kappa shape index (κ3) is 5.80. The number of piperidine rings is 1. The van der Waals surface area contributed by atoms with E-state index in [1.807, 2.05) is 0 Å². The van der Waals surface area contributed by atoms with E-state index in [1.165, 1.54) is 4.88 Å². The number of amides is 1. The van der Waals surface area contributed by atoms with Crippen LogP contribution in [0.4, 0.5) is 0 Å². The Hall–Kier alpha value is -1.08. The molecule has 7 heteroatoms. The van der Waals surface area contributed by atoms with Crippen molar-refractivity contribution in [1.82, 2.24) is 15.5 Å². The zero-order chi connectivity index (χ0) is 16.7. The number of halogens is 1. The Morgan fingerprint density at radius 1 is 1.43 bits per heavy atom. The van der Waals surface area contributed by atoms with E-state index in [9.17, 15) is 4.79 Å². The minimum absolute atomic E-state index is 0.146. The van der Waals surface area contributed by atoms with Crippen molar-refractivity contribution in [3.8, 4) is 0 Å². The molecule has 23 heavy (non-hydrogen) atoms. The van der Waals surface area contributed by atoms with Gasteiger partial charge in [-0.05, 0) is 53.7 Å².